The number of rotatable bonds is 5. The lowest BCUT2D eigenvalue weighted by Crippen LogP contribution is -2.56. The molecular formula is C26H30FN7O. The molecule has 0 radical (unpaired) electrons. The number of imidazole rings is 1. The number of hydrogen-bond acceptors (Lipinski definition) is 5. The number of nitrogens with one attached hydrogen (secondary N) is 2. The topological polar surface area (TPSA) is 79.5 Å². The first-order valence-electron chi connectivity index (χ1n) is 12.4. The van der Waals surface area contributed by atoms with E-state index in [4.69, 9.17) is 5.10 Å². The van der Waals surface area contributed by atoms with Crippen molar-refractivity contribution in [1.29, 1.82) is 0 Å². The van der Waals surface area contributed by atoms with Crippen LogP contribution in [-0.4, -0.2) is 50.2 Å². The molecule has 1 aromatic carbocycles. The molecule has 1 amide bonds. The van der Waals surface area contributed by atoms with Crippen molar-refractivity contribution in [2.75, 3.05) is 23.3 Å². The molecule has 1 saturated heterocycles. The van der Waals surface area contributed by atoms with Crippen LogP contribution in [0, 0.1) is 18.7 Å². The molecule has 1 saturated carbocycles. The molecule has 4 heterocycles. The molecule has 9 heteroatoms. The van der Waals surface area contributed by atoms with Crippen molar-refractivity contribution in [2.45, 2.75) is 52.2 Å². The number of benzene rings is 1. The smallest absolute Gasteiger partial charge is 0.257 e. The lowest BCUT2D eigenvalue weighted by molar-refractivity contribution is 0.102. The molecule has 2 atom stereocenters. The van der Waals surface area contributed by atoms with Crippen LogP contribution in [-0.2, 0) is 6.54 Å². The molecule has 182 valence electrons. The van der Waals surface area contributed by atoms with Crippen molar-refractivity contribution in [3.8, 4) is 0 Å². The van der Waals surface area contributed by atoms with Gasteiger partial charge in [0, 0.05) is 67.4 Å². The zero-order valence-electron chi connectivity index (χ0n) is 20.3. The minimum absolute atomic E-state index is 0.240. The van der Waals surface area contributed by atoms with Gasteiger partial charge in [0.15, 0.2) is 11.5 Å². The number of halogens is 1. The quantitative estimate of drug-likeness (QED) is 0.457. The Balaban J connectivity index is 1.35. The van der Waals surface area contributed by atoms with Crippen LogP contribution in [0.25, 0.3) is 16.6 Å². The van der Waals surface area contributed by atoms with E-state index in [0.29, 0.717) is 41.1 Å². The standard InChI is InChI=1S/C26H30FN7O/c1-4-34-13-20-23(32-10-15(2)28-22(14-32)17-5-6-17)8-7-19(24(20)31-34)26(35)30-18-9-21(27)25-29-16(3)11-33(25)12-18/h7-9,11-13,15,17,22,28H,4-6,10,14H2,1-3H3,(H,30,35)/t15-,22?/m0/s1. The predicted molar refractivity (Wildman–Crippen MR) is 135 cm³/mol. The van der Waals surface area contributed by atoms with E-state index in [-0.39, 0.29) is 11.6 Å². The predicted octanol–water partition coefficient (Wildman–Crippen LogP) is 3.98. The molecule has 0 spiro atoms. The summed E-state index contributed by atoms with van der Waals surface area (Å²) < 4.78 is 18.0. The molecule has 4 aromatic rings. The van der Waals surface area contributed by atoms with Gasteiger partial charge in [-0.25, -0.2) is 9.37 Å². The van der Waals surface area contributed by atoms with Crippen LogP contribution >= 0.6 is 0 Å². The number of nitrogens with zero attached hydrogens (tertiary/aromatic N) is 5. The van der Waals surface area contributed by atoms with Gasteiger partial charge >= 0.3 is 0 Å². The fourth-order valence-electron chi connectivity index (χ4n) is 5.30. The molecule has 2 aliphatic rings. The number of aryl methyl sites for hydroxylation is 2. The van der Waals surface area contributed by atoms with E-state index in [9.17, 15) is 9.18 Å². The summed E-state index contributed by atoms with van der Waals surface area (Å²) in [6, 6.07) is 6.06. The summed E-state index contributed by atoms with van der Waals surface area (Å²) in [5.41, 5.74) is 3.56. The number of amides is 1. The first-order chi connectivity index (χ1) is 16.9. The molecule has 2 N–H and O–H groups in total. The van der Waals surface area contributed by atoms with E-state index in [1.54, 1.807) is 23.7 Å². The van der Waals surface area contributed by atoms with Gasteiger partial charge in [-0.3, -0.25) is 9.48 Å². The minimum atomic E-state index is -0.482. The highest BCUT2D eigenvalue weighted by Crippen LogP contribution is 2.37. The Bertz CT molecular complexity index is 1440. The second kappa shape index (κ2) is 8.34. The van der Waals surface area contributed by atoms with E-state index in [2.05, 4.69) is 27.4 Å². The maximum absolute atomic E-state index is 14.5. The van der Waals surface area contributed by atoms with Gasteiger partial charge in [0.2, 0.25) is 0 Å². The Hall–Kier alpha value is -3.46. The largest absolute Gasteiger partial charge is 0.368 e. The average molecular weight is 476 g/mol. The summed E-state index contributed by atoms with van der Waals surface area (Å²) in [5.74, 6) is -0.0381. The number of hydrogen-bond donors (Lipinski definition) is 2. The summed E-state index contributed by atoms with van der Waals surface area (Å²) in [6.07, 6.45) is 8.03. The highest BCUT2D eigenvalue weighted by molar-refractivity contribution is 6.13. The summed E-state index contributed by atoms with van der Waals surface area (Å²) in [6.45, 7) is 8.64. The monoisotopic (exact) mass is 475 g/mol. The maximum atomic E-state index is 14.5. The van der Waals surface area contributed by atoms with Crippen LogP contribution in [0.1, 0.15) is 42.7 Å². The molecule has 1 aliphatic heterocycles. The first-order valence-corrected chi connectivity index (χ1v) is 12.4. The van der Waals surface area contributed by atoms with Crippen molar-refractivity contribution in [2.24, 2.45) is 5.92 Å². The van der Waals surface area contributed by atoms with Crippen LogP contribution in [0.2, 0.25) is 0 Å². The van der Waals surface area contributed by atoms with Crippen LogP contribution in [0.15, 0.2) is 36.8 Å². The molecule has 35 heavy (non-hydrogen) atoms. The maximum Gasteiger partial charge on any atom is 0.257 e. The summed E-state index contributed by atoms with van der Waals surface area (Å²) in [4.78, 5) is 19.9. The van der Waals surface area contributed by atoms with Crippen LogP contribution in [0.3, 0.4) is 0 Å². The number of piperazine rings is 1. The van der Waals surface area contributed by atoms with Gasteiger partial charge in [-0.15, -0.1) is 0 Å². The lowest BCUT2D eigenvalue weighted by Gasteiger charge is -2.39. The zero-order valence-corrected chi connectivity index (χ0v) is 20.3. The summed E-state index contributed by atoms with van der Waals surface area (Å²) in [5, 5.41) is 12.3. The van der Waals surface area contributed by atoms with Gasteiger partial charge in [-0.1, -0.05) is 0 Å². The van der Waals surface area contributed by atoms with Gasteiger partial charge in [0.05, 0.1) is 16.9 Å². The van der Waals surface area contributed by atoms with Crippen molar-refractivity contribution in [3.63, 3.8) is 0 Å². The van der Waals surface area contributed by atoms with Crippen molar-refractivity contribution >= 4 is 33.8 Å². The number of carbonyl (C=O) groups is 1. The SMILES string of the molecule is CCn1cc2c(N3CC(C4CC4)N[C@@H](C)C3)ccc(C(=O)Nc3cc(F)c4nc(C)cn4c3)c2n1. The molecule has 0 bridgehead atoms. The summed E-state index contributed by atoms with van der Waals surface area (Å²) >= 11 is 0. The highest BCUT2D eigenvalue weighted by Gasteiger charge is 2.36. The van der Waals surface area contributed by atoms with Gasteiger partial charge < -0.3 is 19.9 Å². The fourth-order valence-corrected chi connectivity index (χ4v) is 5.30. The van der Waals surface area contributed by atoms with Crippen molar-refractivity contribution < 1.29 is 9.18 Å². The molecular weight excluding hydrogens is 445 g/mol. The Morgan fingerprint density at radius 2 is 2.06 bits per heavy atom. The number of anilines is 2. The number of carbonyl (C=O) groups excluding carboxylic acids is 1. The molecule has 8 nitrogen and oxygen atoms in total. The second-order valence-corrected chi connectivity index (χ2v) is 9.94. The third kappa shape index (κ3) is 4.03. The highest BCUT2D eigenvalue weighted by atomic mass is 19.1. The Labute approximate surface area is 203 Å². The van der Waals surface area contributed by atoms with Crippen LogP contribution < -0.4 is 15.5 Å². The van der Waals surface area contributed by atoms with Crippen molar-refractivity contribution in [3.05, 3.63) is 53.9 Å². The van der Waals surface area contributed by atoms with E-state index >= 15 is 0 Å². The fraction of sp³-hybridized carbons (Fsp3) is 0.423. The second-order valence-electron chi connectivity index (χ2n) is 9.94. The van der Waals surface area contributed by atoms with Gasteiger partial charge in [0.1, 0.15) is 5.52 Å². The van der Waals surface area contributed by atoms with E-state index in [1.807, 2.05) is 29.9 Å². The van der Waals surface area contributed by atoms with E-state index < -0.39 is 5.82 Å². The number of aromatic nitrogens is 4. The third-order valence-corrected chi connectivity index (χ3v) is 7.10. The number of fused-ring (bicyclic) bond motifs is 2. The molecule has 3 aromatic heterocycles. The lowest BCUT2D eigenvalue weighted by atomic mass is 10.0. The van der Waals surface area contributed by atoms with Gasteiger partial charge in [-0.2, -0.15) is 5.10 Å². The molecule has 1 aliphatic carbocycles. The minimum Gasteiger partial charge on any atom is -0.368 e. The number of pyridine rings is 1. The van der Waals surface area contributed by atoms with Crippen LogP contribution in [0.5, 0.6) is 0 Å². The Morgan fingerprint density at radius 1 is 1.23 bits per heavy atom. The molecule has 6 rings (SSSR count). The van der Waals surface area contributed by atoms with E-state index in [1.165, 1.54) is 18.9 Å². The van der Waals surface area contributed by atoms with Gasteiger partial charge in [-0.05, 0) is 51.7 Å². The van der Waals surface area contributed by atoms with Gasteiger partial charge in [0.25, 0.3) is 5.91 Å². The summed E-state index contributed by atoms with van der Waals surface area (Å²) in [7, 11) is 0. The molecule has 2 fully saturated rings. The average Bonchev–Trinajstić information content (AvgIpc) is 3.47. The third-order valence-electron chi connectivity index (χ3n) is 7.10. The van der Waals surface area contributed by atoms with E-state index in [0.717, 1.165) is 30.1 Å². The van der Waals surface area contributed by atoms with Crippen molar-refractivity contribution in [1.82, 2.24) is 24.5 Å². The zero-order chi connectivity index (χ0) is 24.3. The normalized spacial score (nSPS) is 20.6. The first kappa shape index (κ1) is 22.0. The molecule has 1 unspecified atom stereocenters. The van der Waals surface area contributed by atoms with Crippen LogP contribution in [0.4, 0.5) is 15.8 Å². The Morgan fingerprint density at radius 3 is 2.83 bits per heavy atom. The Kier molecular flexibility index (Phi) is 5.25.